The van der Waals surface area contributed by atoms with Crippen LogP contribution in [0.2, 0.25) is 0 Å². The Morgan fingerprint density at radius 3 is 2.62 bits per heavy atom. The van der Waals surface area contributed by atoms with E-state index in [1.165, 1.54) is 11.8 Å². The predicted octanol–water partition coefficient (Wildman–Crippen LogP) is 2.63. The fourth-order valence-corrected chi connectivity index (χ4v) is 2.99. The van der Waals surface area contributed by atoms with Crippen LogP contribution in [0.15, 0.2) is 53.7 Å². The molecule has 9 heteroatoms. The molecule has 1 heterocycles. The summed E-state index contributed by atoms with van der Waals surface area (Å²) in [5.74, 6) is 7.09. The summed E-state index contributed by atoms with van der Waals surface area (Å²) in [5, 5.41) is 12.3. The molecule has 0 saturated carbocycles. The molecule has 0 spiro atoms. The summed E-state index contributed by atoms with van der Waals surface area (Å²) in [5.41, 5.74) is 1.18. The monoisotopic (exact) mass is 410 g/mol. The minimum absolute atomic E-state index is 0.00285. The molecule has 0 amide bonds. The lowest BCUT2D eigenvalue weighted by molar-refractivity contribution is 0.0556. The van der Waals surface area contributed by atoms with E-state index in [1.54, 1.807) is 43.2 Å². The molecule has 0 saturated heterocycles. The Kier molecular flexibility index (Phi) is 7.08. The SMILES string of the molecule is COc1ccc(C(=O)OCC#CCSc2nnnn2-c2ccccc2OC)cc1. The highest BCUT2D eigenvalue weighted by molar-refractivity contribution is 7.99. The summed E-state index contributed by atoms with van der Waals surface area (Å²) in [6.07, 6.45) is 0. The lowest BCUT2D eigenvalue weighted by Gasteiger charge is -2.08. The molecule has 8 nitrogen and oxygen atoms in total. The largest absolute Gasteiger partial charge is 0.497 e. The quantitative estimate of drug-likeness (QED) is 0.334. The van der Waals surface area contributed by atoms with Crippen molar-refractivity contribution in [1.82, 2.24) is 20.2 Å². The van der Waals surface area contributed by atoms with Crippen LogP contribution >= 0.6 is 11.8 Å². The highest BCUT2D eigenvalue weighted by atomic mass is 32.2. The zero-order valence-corrected chi connectivity index (χ0v) is 16.7. The molecule has 0 N–H and O–H groups in total. The normalized spacial score (nSPS) is 10.0. The van der Waals surface area contributed by atoms with E-state index in [0.29, 0.717) is 28.0 Å². The van der Waals surface area contributed by atoms with E-state index in [9.17, 15) is 4.79 Å². The van der Waals surface area contributed by atoms with Crippen LogP contribution in [0.1, 0.15) is 10.4 Å². The molecule has 0 fully saturated rings. The second-order valence-corrected chi connectivity index (χ2v) is 6.43. The standard InChI is InChI=1S/C20H18N4O4S/c1-26-16-11-9-15(10-12-16)19(25)28-13-5-6-14-29-20-21-22-23-24(20)17-7-3-4-8-18(17)27-2/h3-4,7-12H,13-14H2,1-2H3. The van der Waals surface area contributed by atoms with Gasteiger partial charge in [-0.25, -0.2) is 4.79 Å². The molecule has 1 aromatic heterocycles. The van der Waals surface area contributed by atoms with Gasteiger partial charge >= 0.3 is 5.97 Å². The van der Waals surface area contributed by atoms with Gasteiger partial charge in [-0.15, -0.1) is 5.10 Å². The highest BCUT2D eigenvalue weighted by Gasteiger charge is 2.12. The maximum Gasteiger partial charge on any atom is 0.339 e. The second-order valence-electron chi connectivity index (χ2n) is 5.49. The number of nitrogens with zero attached hydrogens (tertiary/aromatic N) is 4. The van der Waals surface area contributed by atoms with Crippen LogP contribution in [-0.2, 0) is 4.74 Å². The summed E-state index contributed by atoms with van der Waals surface area (Å²) in [6, 6.07) is 14.1. The molecule has 0 bridgehead atoms. The highest BCUT2D eigenvalue weighted by Crippen LogP contribution is 2.25. The average molecular weight is 410 g/mol. The van der Waals surface area contributed by atoms with E-state index in [4.69, 9.17) is 14.2 Å². The first-order valence-electron chi connectivity index (χ1n) is 8.54. The minimum atomic E-state index is -0.435. The van der Waals surface area contributed by atoms with Crippen molar-refractivity contribution >= 4 is 17.7 Å². The molecule has 3 rings (SSSR count). The average Bonchev–Trinajstić information content (AvgIpc) is 3.24. The number of hydrogen-bond donors (Lipinski definition) is 0. The Labute approximate surface area is 172 Å². The van der Waals surface area contributed by atoms with Crippen molar-refractivity contribution in [3.8, 4) is 29.0 Å². The zero-order valence-electron chi connectivity index (χ0n) is 15.9. The smallest absolute Gasteiger partial charge is 0.339 e. The number of carbonyl (C=O) groups excluding carboxylic acids is 1. The zero-order chi connectivity index (χ0) is 20.5. The van der Waals surface area contributed by atoms with Crippen LogP contribution in [0.5, 0.6) is 11.5 Å². The Bertz CT molecular complexity index is 1020. The fourth-order valence-electron chi connectivity index (χ4n) is 2.34. The molecule has 3 aromatic rings. The van der Waals surface area contributed by atoms with Gasteiger partial charge in [-0.05, 0) is 46.8 Å². The van der Waals surface area contributed by atoms with Gasteiger partial charge in [0.25, 0.3) is 0 Å². The van der Waals surface area contributed by atoms with Crippen molar-refractivity contribution in [3.63, 3.8) is 0 Å². The van der Waals surface area contributed by atoms with E-state index < -0.39 is 5.97 Å². The lowest BCUT2D eigenvalue weighted by atomic mass is 10.2. The Morgan fingerprint density at radius 2 is 1.86 bits per heavy atom. The Hall–Kier alpha value is -3.51. The number of ether oxygens (including phenoxy) is 3. The number of methoxy groups -OCH3 is 2. The van der Waals surface area contributed by atoms with Crippen molar-refractivity contribution in [3.05, 3.63) is 54.1 Å². The van der Waals surface area contributed by atoms with Gasteiger partial charge in [-0.1, -0.05) is 35.7 Å². The van der Waals surface area contributed by atoms with Gasteiger partial charge in [0, 0.05) is 0 Å². The number of para-hydroxylation sites is 2. The van der Waals surface area contributed by atoms with Crippen molar-refractivity contribution in [1.29, 1.82) is 0 Å². The number of carbonyl (C=O) groups is 1. The third-order valence-electron chi connectivity index (χ3n) is 3.75. The molecule has 0 radical (unpaired) electrons. The first-order chi connectivity index (χ1) is 14.2. The topological polar surface area (TPSA) is 88.4 Å². The maximum atomic E-state index is 11.9. The van der Waals surface area contributed by atoms with E-state index in [0.717, 1.165) is 5.69 Å². The van der Waals surface area contributed by atoms with Crippen molar-refractivity contribution in [2.75, 3.05) is 26.6 Å². The van der Waals surface area contributed by atoms with Crippen LogP contribution in [0.3, 0.4) is 0 Å². The number of rotatable bonds is 7. The first kappa shape index (κ1) is 20.2. The van der Waals surface area contributed by atoms with Gasteiger partial charge in [-0.3, -0.25) is 0 Å². The maximum absolute atomic E-state index is 11.9. The van der Waals surface area contributed by atoms with E-state index in [-0.39, 0.29) is 6.61 Å². The summed E-state index contributed by atoms with van der Waals surface area (Å²) in [6.45, 7) is 0.00285. The first-order valence-corrected chi connectivity index (χ1v) is 9.53. The second kappa shape index (κ2) is 10.1. The van der Waals surface area contributed by atoms with Crippen molar-refractivity contribution < 1.29 is 19.0 Å². The molecule has 0 aliphatic rings. The van der Waals surface area contributed by atoms with Gasteiger partial charge in [0.15, 0.2) is 6.61 Å². The number of esters is 1. The van der Waals surface area contributed by atoms with Crippen LogP contribution in [0.25, 0.3) is 5.69 Å². The number of benzene rings is 2. The number of aromatic nitrogens is 4. The van der Waals surface area contributed by atoms with Crippen LogP contribution in [0, 0.1) is 11.8 Å². The summed E-state index contributed by atoms with van der Waals surface area (Å²) < 4.78 is 17.1. The van der Waals surface area contributed by atoms with Crippen LogP contribution in [0.4, 0.5) is 0 Å². The van der Waals surface area contributed by atoms with Crippen LogP contribution < -0.4 is 9.47 Å². The molecular formula is C20H18N4O4S. The minimum Gasteiger partial charge on any atom is -0.497 e. The fraction of sp³-hybridized carbons (Fsp3) is 0.200. The van der Waals surface area contributed by atoms with Gasteiger partial charge in [0.1, 0.15) is 17.2 Å². The molecule has 29 heavy (non-hydrogen) atoms. The molecular weight excluding hydrogens is 392 g/mol. The third-order valence-corrected chi connectivity index (χ3v) is 4.56. The Balaban J connectivity index is 1.51. The molecule has 0 atom stereocenters. The Morgan fingerprint density at radius 1 is 1.07 bits per heavy atom. The molecule has 0 aliphatic heterocycles. The van der Waals surface area contributed by atoms with Crippen molar-refractivity contribution in [2.45, 2.75) is 5.16 Å². The predicted molar refractivity (Wildman–Crippen MR) is 107 cm³/mol. The van der Waals surface area contributed by atoms with Gasteiger partial charge < -0.3 is 14.2 Å². The molecule has 148 valence electrons. The number of hydrogen-bond acceptors (Lipinski definition) is 8. The molecule has 0 aliphatic carbocycles. The lowest BCUT2D eigenvalue weighted by Crippen LogP contribution is -2.05. The van der Waals surface area contributed by atoms with Gasteiger partial charge in [0.2, 0.25) is 5.16 Å². The van der Waals surface area contributed by atoms with Crippen LogP contribution in [-0.4, -0.2) is 52.8 Å². The van der Waals surface area contributed by atoms with Gasteiger partial charge in [-0.2, -0.15) is 4.68 Å². The summed E-state index contributed by atoms with van der Waals surface area (Å²) in [7, 11) is 3.16. The summed E-state index contributed by atoms with van der Waals surface area (Å²) in [4.78, 5) is 11.9. The molecule has 2 aromatic carbocycles. The number of tetrazole rings is 1. The van der Waals surface area contributed by atoms with E-state index in [2.05, 4.69) is 27.4 Å². The number of thioether (sulfide) groups is 1. The van der Waals surface area contributed by atoms with E-state index >= 15 is 0 Å². The third kappa shape index (κ3) is 5.27. The summed E-state index contributed by atoms with van der Waals surface area (Å²) >= 11 is 1.37. The van der Waals surface area contributed by atoms with Crippen molar-refractivity contribution in [2.24, 2.45) is 0 Å². The van der Waals surface area contributed by atoms with Gasteiger partial charge in [0.05, 0.1) is 25.5 Å². The van der Waals surface area contributed by atoms with E-state index in [1.807, 2.05) is 24.3 Å². The molecule has 0 unspecified atom stereocenters.